The standard InChI is InChI=1S/C23H18ClNO2/c1-16-6-5-11-25-22(16)13-20(23(25)14-26)19-10-9-18(12-21(19)24)27-15-17-7-3-2-4-8-17/h2-14H,15H2,1H3. The predicted molar refractivity (Wildman–Crippen MR) is 109 cm³/mol. The van der Waals surface area contributed by atoms with Crippen LogP contribution in [-0.2, 0) is 6.61 Å². The second-order valence-corrected chi connectivity index (χ2v) is 6.83. The van der Waals surface area contributed by atoms with Gasteiger partial charge in [0.15, 0.2) is 6.29 Å². The van der Waals surface area contributed by atoms with Crippen molar-refractivity contribution in [2.24, 2.45) is 0 Å². The molecule has 0 N–H and O–H groups in total. The number of aryl methyl sites for hydroxylation is 1. The van der Waals surface area contributed by atoms with Crippen LogP contribution in [0.2, 0.25) is 5.02 Å². The molecule has 4 aromatic rings. The van der Waals surface area contributed by atoms with Crippen molar-refractivity contribution in [2.75, 3.05) is 0 Å². The fourth-order valence-corrected chi connectivity index (χ4v) is 3.52. The zero-order chi connectivity index (χ0) is 18.8. The second-order valence-electron chi connectivity index (χ2n) is 6.42. The molecule has 0 fully saturated rings. The Morgan fingerprint density at radius 2 is 1.81 bits per heavy atom. The Kier molecular flexibility index (Phi) is 4.69. The van der Waals surface area contributed by atoms with Crippen molar-refractivity contribution in [3.63, 3.8) is 0 Å². The highest BCUT2D eigenvalue weighted by molar-refractivity contribution is 6.33. The van der Waals surface area contributed by atoms with Gasteiger partial charge >= 0.3 is 0 Å². The molecular formula is C23H18ClNO2. The normalized spacial score (nSPS) is 10.9. The lowest BCUT2D eigenvalue weighted by atomic mass is 10.1. The highest BCUT2D eigenvalue weighted by Gasteiger charge is 2.15. The van der Waals surface area contributed by atoms with Gasteiger partial charge in [-0.05, 0) is 48.4 Å². The van der Waals surface area contributed by atoms with Crippen molar-refractivity contribution >= 4 is 23.4 Å². The molecule has 0 aliphatic rings. The van der Waals surface area contributed by atoms with Crippen LogP contribution in [-0.4, -0.2) is 10.7 Å². The predicted octanol–water partition coefficient (Wildman–Crippen LogP) is 5.96. The molecule has 0 saturated carbocycles. The van der Waals surface area contributed by atoms with E-state index in [0.717, 1.165) is 34.1 Å². The number of halogens is 1. The SMILES string of the molecule is Cc1cccn2c(C=O)c(-c3ccc(OCc4ccccc4)cc3Cl)cc12. The molecule has 0 aliphatic carbocycles. The minimum Gasteiger partial charge on any atom is -0.489 e. The number of aromatic nitrogens is 1. The molecule has 134 valence electrons. The molecule has 3 nitrogen and oxygen atoms in total. The number of aldehydes is 1. The van der Waals surface area contributed by atoms with Gasteiger partial charge in [0, 0.05) is 22.8 Å². The number of fused-ring (bicyclic) bond motifs is 1. The van der Waals surface area contributed by atoms with Gasteiger partial charge in [0.25, 0.3) is 0 Å². The highest BCUT2D eigenvalue weighted by Crippen LogP contribution is 2.35. The van der Waals surface area contributed by atoms with Crippen molar-refractivity contribution in [1.29, 1.82) is 0 Å². The number of carbonyl (C=O) groups is 1. The maximum absolute atomic E-state index is 11.7. The van der Waals surface area contributed by atoms with Crippen molar-refractivity contribution in [1.82, 2.24) is 4.40 Å². The summed E-state index contributed by atoms with van der Waals surface area (Å²) in [7, 11) is 0. The maximum Gasteiger partial charge on any atom is 0.167 e. The molecule has 0 unspecified atom stereocenters. The van der Waals surface area contributed by atoms with Crippen LogP contribution >= 0.6 is 11.6 Å². The minimum absolute atomic E-state index is 0.478. The molecule has 0 atom stereocenters. The van der Waals surface area contributed by atoms with Crippen LogP contribution in [0.4, 0.5) is 0 Å². The van der Waals surface area contributed by atoms with Gasteiger partial charge in [0.1, 0.15) is 12.4 Å². The molecular weight excluding hydrogens is 358 g/mol. The van der Waals surface area contributed by atoms with Crippen LogP contribution in [0.3, 0.4) is 0 Å². The van der Waals surface area contributed by atoms with E-state index >= 15 is 0 Å². The van der Waals surface area contributed by atoms with Crippen LogP contribution in [0.15, 0.2) is 72.9 Å². The smallest absolute Gasteiger partial charge is 0.167 e. The van der Waals surface area contributed by atoms with E-state index in [-0.39, 0.29) is 0 Å². The monoisotopic (exact) mass is 375 g/mol. The van der Waals surface area contributed by atoms with E-state index in [2.05, 4.69) is 0 Å². The van der Waals surface area contributed by atoms with Crippen LogP contribution in [0.5, 0.6) is 5.75 Å². The zero-order valence-electron chi connectivity index (χ0n) is 14.9. The molecule has 0 aliphatic heterocycles. The van der Waals surface area contributed by atoms with Crippen LogP contribution < -0.4 is 4.74 Å². The maximum atomic E-state index is 11.7. The van der Waals surface area contributed by atoms with E-state index in [0.29, 0.717) is 23.1 Å². The van der Waals surface area contributed by atoms with Gasteiger partial charge in [-0.2, -0.15) is 0 Å². The van der Waals surface area contributed by atoms with Crippen molar-refractivity contribution in [3.8, 4) is 16.9 Å². The first-order chi connectivity index (χ1) is 13.2. The van der Waals surface area contributed by atoms with Crippen molar-refractivity contribution < 1.29 is 9.53 Å². The largest absolute Gasteiger partial charge is 0.489 e. The summed E-state index contributed by atoms with van der Waals surface area (Å²) in [5, 5.41) is 0.553. The molecule has 0 spiro atoms. The number of hydrogen-bond acceptors (Lipinski definition) is 2. The summed E-state index contributed by atoms with van der Waals surface area (Å²) in [5.41, 5.74) is 5.41. The number of ether oxygens (including phenoxy) is 1. The van der Waals surface area contributed by atoms with Crippen LogP contribution in [0.25, 0.3) is 16.6 Å². The van der Waals surface area contributed by atoms with E-state index < -0.39 is 0 Å². The topological polar surface area (TPSA) is 30.7 Å². The molecule has 27 heavy (non-hydrogen) atoms. The second kappa shape index (κ2) is 7.29. The summed E-state index contributed by atoms with van der Waals surface area (Å²) in [6, 6.07) is 21.5. The molecule has 0 saturated heterocycles. The zero-order valence-corrected chi connectivity index (χ0v) is 15.6. The molecule has 4 rings (SSSR count). The first-order valence-electron chi connectivity index (χ1n) is 8.70. The Labute approximate surface area is 162 Å². The lowest BCUT2D eigenvalue weighted by molar-refractivity contribution is 0.111. The van der Waals surface area contributed by atoms with Crippen molar-refractivity contribution in [3.05, 3.63) is 94.8 Å². The van der Waals surface area contributed by atoms with Crippen LogP contribution in [0, 0.1) is 6.92 Å². The van der Waals surface area contributed by atoms with E-state index in [1.165, 1.54) is 0 Å². The van der Waals surface area contributed by atoms with Gasteiger partial charge < -0.3 is 9.14 Å². The van der Waals surface area contributed by atoms with Gasteiger partial charge in [0.05, 0.1) is 10.7 Å². The van der Waals surface area contributed by atoms with Gasteiger partial charge in [-0.3, -0.25) is 4.79 Å². The Morgan fingerprint density at radius 1 is 1.00 bits per heavy atom. The van der Waals surface area contributed by atoms with Gasteiger partial charge in [0.2, 0.25) is 0 Å². The Balaban J connectivity index is 1.68. The first kappa shape index (κ1) is 17.4. The van der Waals surface area contributed by atoms with E-state index in [9.17, 15) is 4.79 Å². The Morgan fingerprint density at radius 3 is 2.56 bits per heavy atom. The summed E-state index contributed by atoms with van der Waals surface area (Å²) in [4.78, 5) is 11.7. The fraction of sp³-hybridized carbons (Fsp3) is 0.0870. The quantitative estimate of drug-likeness (QED) is 0.403. The van der Waals surface area contributed by atoms with Gasteiger partial charge in [-0.1, -0.05) is 48.0 Å². The molecule has 0 radical (unpaired) electrons. The van der Waals surface area contributed by atoms with Crippen LogP contribution in [0.1, 0.15) is 21.6 Å². The molecule has 2 heterocycles. The van der Waals surface area contributed by atoms with Gasteiger partial charge in [-0.15, -0.1) is 0 Å². The third-order valence-electron chi connectivity index (χ3n) is 4.65. The summed E-state index contributed by atoms with van der Waals surface area (Å²) in [5.74, 6) is 0.695. The first-order valence-corrected chi connectivity index (χ1v) is 9.07. The number of hydrogen-bond donors (Lipinski definition) is 0. The average molecular weight is 376 g/mol. The molecule has 0 amide bonds. The highest BCUT2D eigenvalue weighted by atomic mass is 35.5. The summed E-state index contributed by atoms with van der Waals surface area (Å²) in [6.45, 7) is 2.50. The summed E-state index contributed by atoms with van der Waals surface area (Å²) in [6.07, 6.45) is 2.76. The van der Waals surface area contributed by atoms with Gasteiger partial charge in [-0.25, -0.2) is 0 Å². The molecule has 0 bridgehead atoms. The Bertz CT molecular complexity index is 1120. The number of benzene rings is 2. The number of carbonyl (C=O) groups excluding carboxylic acids is 1. The third-order valence-corrected chi connectivity index (χ3v) is 4.96. The molecule has 2 aromatic heterocycles. The average Bonchev–Trinajstić information content (AvgIpc) is 3.07. The number of nitrogens with zero attached hydrogens (tertiary/aromatic N) is 1. The summed E-state index contributed by atoms with van der Waals surface area (Å²) >= 11 is 6.54. The lowest BCUT2D eigenvalue weighted by Crippen LogP contribution is -1.96. The minimum atomic E-state index is 0.478. The number of pyridine rings is 1. The Hall–Kier alpha value is -3.04. The summed E-state index contributed by atoms with van der Waals surface area (Å²) < 4.78 is 7.74. The fourth-order valence-electron chi connectivity index (χ4n) is 3.24. The number of rotatable bonds is 5. The molecule has 2 aromatic carbocycles. The lowest BCUT2D eigenvalue weighted by Gasteiger charge is -2.09. The third kappa shape index (κ3) is 3.34. The van der Waals surface area contributed by atoms with E-state index in [1.54, 1.807) is 6.07 Å². The van der Waals surface area contributed by atoms with E-state index in [4.69, 9.17) is 16.3 Å². The molecule has 4 heteroatoms. The van der Waals surface area contributed by atoms with Crippen molar-refractivity contribution in [2.45, 2.75) is 13.5 Å². The van der Waals surface area contributed by atoms with E-state index in [1.807, 2.05) is 78.2 Å².